The number of likely N-dealkylation sites (N-methyl/N-ethyl adjacent to an activating group) is 1. The second-order valence-electron chi connectivity index (χ2n) is 5.98. The lowest BCUT2D eigenvalue weighted by atomic mass is 10.2. The van der Waals surface area contributed by atoms with Gasteiger partial charge in [-0.05, 0) is 44.1 Å². The largest absolute Gasteiger partial charge is 0.493 e. The maximum Gasteiger partial charge on any atom is 0.191 e. The van der Waals surface area contributed by atoms with Gasteiger partial charge in [0.2, 0.25) is 0 Å². The first-order valence-corrected chi connectivity index (χ1v) is 9.72. The Balaban J connectivity index is 2.68. The smallest absolute Gasteiger partial charge is 0.191 e. The molecule has 0 amide bonds. The van der Waals surface area contributed by atoms with Gasteiger partial charge in [-0.2, -0.15) is 0 Å². The average molecular weight is 365 g/mol. The molecule has 2 N–H and O–H groups in total. The Kier molecular flexibility index (Phi) is 11.3. The first-order chi connectivity index (χ1) is 12.7. The lowest BCUT2D eigenvalue weighted by molar-refractivity contribution is 0.217. The SMILES string of the molecule is CCCNC(=NCc1ccc(OCCN(CC)CC)c(OC)c1)NCC. The molecule has 1 rings (SSSR count). The Morgan fingerprint density at radius 2 is 1.85 bits per heavy atom. The summed E-state index contributed by atoms with van der Waals surface area (Å²) in [6.07, 6.45) is 1.07. The summed E-state index contributed by atoms with van der Waals surface area (Å²) in [6.45, 7) is 14.5. The molecule has 0 aromatic heterocycles. The molecule has 0 fully saturated rings. The number of hydrogen-bond acceptors (Lipinski definition) is 4. The minimum atomic E-state index is 0.592. The van der Waals surface area contributed by atoms with Gasteiger partial charge in [-0.25, -0.2) is 4.99 Å². The van der Waals surface area contributed by atoms with Gasteiger partial charge in [0.25, 0.3) is 0 Å². The van der Waals surface area contributed by atoms with Crippen molar-refractivity contribution >= 4 is 5.96 Å². The third-order valence-corrected chi connectivity index (χ3v) is 4.09. The van der Waals surface area contributed by atoms with Crippen LogP contribution in [0, 0.1) is 0 Å². The summed E-state index contributed by atoms with van der Waals surface area (Å²) in [4.78, 5) is 6.96. The van der Waals surface area contributed by atoms with Crippen molar-refractivity contribution in [1.29, 1.82) is 0 Å². The van der Waals surface area contributed by atoms with Gasteiger partial charge >= 0.3 is 0 Å². The highest BCUT2D eigenvalue weighted by atomic mass is 16.5. The molecule has 0 unspecified atom stereocenters. The quantitative estimate of drug-likeness (QED) is 0.441. The van der Waals surface area contributed by atoms with Crippen LogP contribution in [-0.4, -0.2) is 57.3 Å². The summed E-state index contributed by atoms with van der Waals surface area (Å²) in [5.41, 5.74) is 1.09. The number of rotatable bonds is 12. The molecule has 0 aliphatic heterocycles. The molecule has 0 aliphatic rings. The monoisotopic (exact) mass is 364 g/mol. The second-order valence-corrected chi connectivity index (χ2v) is 5.98. The molecule has 6 nitrogen and oxygen atoms in total. The number of guanidine groups is 1. The van der Waals surface area contributed by atoms with Crippen molar-refractivity contribution in [1.82, 2.24) is 15.5 Å². The zero-order valence-electron chi connectivity index (χ0n) is 17.1. The van der Waals surface area contributed by atoms with Gasteiger partial charge in [0.1, 0.15) is 6.61 Å². The normalized spacial score (nSPS) is 11.5. The number of aliphatic imine (C=N–C) groups is 1. The van der Waals surface area contributed by atoms with Crippen molar-refractivity contribution in [3.05, 3.63) is 23.8 Å². The van der Waals surface area contributed by atoms with Gasteiger partial charge in [-0.3, -0.25) is 0 Å². The van der Waals surface area contributed by atoms with E-state index in [0.717, 1.165) is 62.2 Å². The average Bonchev–Trinajstić information content (AvgIpc) is 2.67. The van der Waals surface area contributed by atoms with Gasteiger partial charge in [-0.1, -0.05) is 26.8 Å². The van der Waals surface area contributed by atoms with Crippen molar-refractivity contribution in [2.45, 2.75) is 40.7 Å². The van der Waals surface area contributed by atoms with E-state index in [1.807, 2.05) is 18.2 Å². The lowest BCUT2D eigenvalue weighted by Gasteiger charge is -2.19. The minimum absolute atomic E-state index is 0.592. The standard InChI is InChI=1S/C20H36N4O2/c1-6-12-22-20(21-7-2)23-16-17-10-11-18(19(15-17)25-5)26-14-13-24(8-3)9-4/h10-11,15H,6-9,12-14,16H2,1-5H3,(H2,21,22,23). The Hall–Kier alpha value is -1.95. The van der Waals surface area contributed by atoms with E-state index < -0.39 is 0 Å². The maximum absolute atomic E-state index is 5.91. The fourth-order valence-corrected chi connectivity index (χ4v) is 2.51. The van der Waals surface area contributed by atoms with Crippen LogP contribution < -0.4 is 20.1 Å². The zero-order valence-corrected chi connectivity index (χ0v) is 17.1. The van der Waals surface area contributed by atoms with Crippen LogP contribution in [0.4, 0.5) is 0 Å². The first kappa shape index (κ1) is 22.1. The third-order valence-electron chi connectivity index (χ3n) is 4.09. The van der Waals surface area contributed by atoms with Crippen molar-refractivity contribution in [2.24, 2.45) is 4.99 Å². The molecule has 0 heterocycles. The molecule has 148 valence electrons. The van der Waals surface area contributed by atoms with E-state index in [1.54, 1.807) is 7.11 Å². The molecule has 0 bridgehead atoms. The molecule has 1 aromatic rings. The topological polar surface area (TPSA) is 58.1 Å². The van der Waals surface area contributed by atoms with Gasteiger partial charge in [0.05, 0.1) is 13.7 Å². The third kappa shape index (κ3) is 7.95. The van der Waals surface area contributed by atoms with E-state index in [1.165, 1.54) is 0 Å². The molecule has 0 saturated carbocycles. The summed E-state index contributed by atoms with van der Waals surface area (Å²) in [6, 6.07) is 6.01. The Morgan fingerprint density at radius 1 is 1.08 bits per heavy atom. The molecule has 0 aliphatic carbocycles. The number of methoxy groups -OCH3 is 1. The second kappa shape index (κ2) is 13.3. The van der Waals surface area contributed by atoms with Gasteiger partial charge < -0.3 is 25.0 Å². The first-order valence-electron chi connectivity index (χ1n) is 9.72. The van der Waals surface area contributed by atoms with Gasteiger partial charge in [-0.15, -0.1) is 0 Å². The van der Waals surface area contributed by atoms with Crippen LogP contribution in [0.5, 0.6) is 11.5 Å². The summed E-state index contributed by atoms with van der Waals surface area (Å²) in [5.74, 6) is 2.38. The predicted octanol–water partition coefficient (Wildman–Crippen LogP) is 2.88. The van der Waals surface area contributed by atoms with E-state index in [4.69, 9.17) is 9.47 Å². The molecule has 26 heavy (non-hydrogen) atoms. The fourth-order valence-electron chi connectivity index (χ4n) is 2.51. The van der Waals surface area contributed by atoms with Crippen molar-refractivity contribution in [2.75, 3.05) is 46.4 Å². The lowest BCUT2D eigenvalue weighted by Crippen LogP contribution is -2.37. The van der Waals surface area contributed by atoms with Crippen LogP contribution >= 0.6 is 0 Å². The highest BCUT2D eigenvalue weighted by Crippen LogP contribution is 2.28. The molecule has 1 aromatic carbocycles. The molecule has 0 radical (unpaired) electrons. The molecule has 6 heteroatoms. The fraction of sp³-hybridized carbons (Fsp3) is 0.650. The van der Waals surface area contributed by atoms with Crippen molar-refractivity contribution in [3.63, 3.8) is 0 Å². The summed E-state index contributed by atoms with van der Waals surface area (Å²) in [7, 11) is 1.67. The van der Waals surface area contributed by atoms with Crippen molar-refractivity contribution in [3.8, 4) is 11.5 Å². The molecular formula is C20H36N4O2. The molecule has 0 atom stereocenters. The van der Waals surface area contributed by atoms with Crippen LogP contribution in [0.25, 0.3) is 0 Å². The summed E-state index contributed by atoms with van der Waals surface area (Å²) < 4.78 is 11.4. The highest BCUT2D eigenvalue weighted by Gasteiger charge is 2.07. The molecule has 0 saturated heterocycles. The van der Waals surface area contributed by atoms with E-state index in [0.29, 0.717) is 13.2 Å². The van der Waals surface area contributed by atoms with E-state index in [2.05, 4.69) is 48.2 Å². The predicted molar refractivity (Wildman–Crippen MR) is 109 cm³/mol. The van der Waals surface area contributed by atoms with Crippen LogP contribution in [-0.2, 0) is 6.54 Å². The van der Waals surface area contributed by atoms with Crippen molar-refractivity contribution < 1.29 is 9.47 Å². The van der Waals surface area contributed by atoms with E-state index >= 15 is 0 Å². The highest BCUT2D eigenvalue weighted by molar-refractivity contribution is 5.79. The number of hydrogen-bond donors (Lipinski definition) is 2. The Morgan fingerprint density at radius 3 is 2.46 bits per heavy atom. The minimum Gasteiger partial charge on any atom is -0.493 e. The number of ether oxygens (including phenoxy) is 2. The van der Waals surface area contributed by atoms with Crippen LogP contribution in [0.2, 0.25) is 0 Å². The van der Waals surface area contributed by atoms with Gasteiger partial charge in [0, 0.05) is 19.6 Å². The van der Waals surface area contributed by atoms with Crippen LogP contribution in [0.1, 0.15) is 39.7 Å². The molecular weight excluding hydrogens is 328 g/mol. The number of nitrogens with zero attached hydrogens (tertiary/aromatic N) is 2. The molecule has 0 spiro atoms. The van der Waals surface area contributed by atoms with E-state index in [-0.39, 0.29) is 0 Å². The summed E-state index contributed by atoms with van der Waals surface area (Å²) in [5, 5.41) is 6.56. The number of benzene rings is 1. The van der Waals surface area contributed by atoms with Crippen LogP contribution in [0.3, 0.4) is 0 Å². The Bertz CT molecular complexity index is 531. The van der Waals surface area contributed by atoms with Gasteiger partial charge in [0.15, 0.2) is 17.5 Å². The number of nitrogens with one attached hydrogen (secondary N) is 2. The zero-order chi connectivity index (χ0) is 19.2. The summed E-state index contributed by atoms with van der Waals surface area (Å²) >= 11 is 0. The van der Waals surface area contributed by atoms with E-state index in [9.17, 15) is 0 Å². The van der Waals surface area contributed by atoms with Crippen LogP contribution in [0.15, 0.2) is 23.2 Å². The Labute approximate surface area is 159 Å². The maximum atomic E-state index is 5.91.